The van der Waals surface area contributed by atoms with Gasteiger partial charge in [0.2, 0.25) is 17.7 Å². The van der Waals surface area contributed by atoms with Crippen molar-refractivity contribution in [2.45, 2.75) is 58.8 Å². The molecule has 5 heteroatoms. The zero-order chi connectivity index (χ0) is 18.7. The maximum absolute atomic E-state index is 13.1. The lowest BCUT2D eigenvalue weighted by molar-refractivity contribution is -0.168. The van der Waals surface area contributed by atoms with Crippen LogP contribution in [0.1, 0.15) is 59.3 Å². The van der Waals surface area contributed by atoms with Crippen LogP contribution in [0.15, 0.2) is 28.7 Å². The van der Waals surface area contributed by atoms with Gasteiger partial charge in [-0.25, -0.2) is 4.98 Å². The van der Waals surface area contributed by atoms with Gasteiger partial charge in [0.05, 0.1) is 0 Å². The fourth-order valence-electron chi connectivity index (χ4n) is 5.65. The molecule has 1 aromatic heterocycles. The molecule has 0 spiro atoms. The molecule has 3 atom stereocenters. The molecule has 2 aliphatic rings. The summed E-state index contributed by atoms with van der Waals surface area (Å²) in [6, 6.07) is 7.77. The van der Waals surface area contributed by atoms with Gasteiger partial charge < -0.3 is 4.42 Å². The normalized spacial score (nSPS) is 34.3. The van der Waals surface area contributed by atoms with Crippen LogP contribution in [0.3, 0.4) is 0 Å². The Balaban J connectivity index is 1.76. The number of hydrogen-bond acceptors (Lipinski definition) is 4. The molecule has 2 bridgehead atoms. The Labute approximate surface area is 153 Å². The SMILES string of the molecule is CCC(=O)N1C[C@]2(C)C[C@@](C)(C[C@](C)(c3nc4ccccc4o3)C2)C1=O. The number of carbonyl (C=O) groups is 2. The Morgan fingerprint density at radius 1 is 1.15 bits per heavy atom. The summed E-state index contributed by atoms with van der Waals surface area (Å²) >= 11 is 0. The summed E-state index contributed by atoms with van der Waals surface area (Å²) in [7, 11) is 0. The number of fused-ring (bicyclic) bond motifs is 3. The standard InChI is InChI=1S/C21H26N2O3/c1-5-16(24)23-13-19(2)10-20(3,12-21(4,11-19)18(23)25)17-22-14-8-6-7-9-15(14)26-17/h6-9H,5,10-13H2,1-4H3/t19-,20+,21-/m0/s1. The summed E-state index contributed by atoms with van der Waals surface area (Å²) in [4.78, 5) is 31.7. The molecule has 26 heavy (non-hydrogen) atoms. The molecule has 2 fully saturated rings. The van der Waals surface area contributed by atoms with Gasteiger partial charge in [-0.2, -0.15) is 0 Å². The van der Waals surface area contributed by atoms with E-state index in [1.807, 2.05) is 38.1 Å². The number of benzene rings is 1. The molecule has 1 aliphatic heterocycles. The van der Waals surface area contributed by atoms with Gasteiger partial charge in [-0.3, -0.25) is 14.5 Å². The molecule has 5 nitrogen and oxygen atoms in total. The van der Waals surface area contributed by atoms with E-state index in [2.05, 4.69) is 13.8 Å². The minimum absolute atomic E-state index is 0.0381. The third-order valence-electron chi connectivity index (χ3n) is 6.13. The molecule has 1 saturated carbocycles. The first-order chi connectivity index (χ1) is 12.2. The second-order valence-electron chi connectivity index (χ2n) is 9.09. The van der Waals surface area contributed by atoms with E-state index >= 15 is 0 Å². The highest BCUT2D eigenvalue weighted by Crippen LogP contribution is 2.58. The third kappa shape index (κ3) is 2.48. The highest BCUT2D eigenvalue weighted by molar-refractivity contribution is 5.99. The van der Waals surface area contributed by atoms with Gasteiger partial charge in [0.25, 0.3) is 0 Å². The molecular formula is C21H26N2O3. The monoisotopic (exact) mass is 354 g/mol. The van der Waals surface area contributed by atoms with Crippen LogP contribution in [0.5, 0.6) is 0 Å². The topological polar surface area (TPSA) is 63.4 Å². The Kier molecular flexibility index (Phi) is 3.59. The zero-order valence-corrected chi connectivity index (χ0v) is 16.0. The van der Waals surface area contributed by atoms with E-state index in [1.54, 1.807) is 0 Å². The predicted molar refractivity (Wildman–Crippen MR) is 98.4 cm³/mol. The Morgan fingerprint density at radius 3 is 2.54 bits per heavy atom. The van der Waals surface area contributed by atoms with Gasteiger partial charge >= 0.3 is 0 Å². The maximum atomic E-state index is 13.1. The van der Waals surface area contributed by atoms with Crippen molar-refractivity contribution in [2.75, 3.05) is 6.54 Å². The number of likely N-dealkylation sites (tertiary alicyclic amines) is 1. The Morgan fingerprint density at radius 2 is 1.85 bits per heavy atom. The van der Waals surface area contributed by atoms with Gasteiger partial charge in [-0.05, 0) is 36.8 Å². The van der Waals surface area contributed by atoms with Crippen LogP contribution in [0, 0.1) is 10.8 Å². The second kappa shape index (κ2) is 5.41. The highest BCUT2D eigenvalue weighted by atomic mass is 16.3. The Bertz CT molecular complexity index is 871. The molecule has 4 rings (SSSR count). The number of aromatic nitrogens is 1. The number of nitrogens with zero attached hydrogens (tertiary/aromatic N) is 2. The van der Waals surface area contributed by atoms with Crippen LogP contribution in [0.25, 0.3) is 11.1 Å². The number of carbonyl (C=O) groups excluding carboxylic acids is 2. The molecule has 1 aromatic carbocycles. The number of amides is 2. The molecule has 1 aliphatic carbocycles. The largest absolute Gasteiger partial charge is 0.440 e. The van der Waals surface area contributed by atoms with Gasteiger partial charge in [-0.15, -0.1) is 0 Å². The summed E-state index contributed by atoms with van der Waals surface area (Å²) < 4.78 is 6.09. The fourth-order valence-corrected chi connectivity index (χ4v) is 5.65. The van der Waals surface area contributed by atoms with Crippen LogP contribution in [0.4, 0.5) is 0 Å². The molecule has 0 N–H and O–H groups in total. The lowest BCUT2D eigenvalue weighted by Gasteiger charge is -2.56. The fraction of sp³-hybridized carbons (Fsp3) is 0.571. The van der Waals surface area contributed by atoms with Crippen LogP contribution in [-0.4, -0.2) is 28.2 Å². The molecule has 0 unspecified atom stereocenters. The van der Waals surface area contributed by atoms with E-state index in [4.69, 9.17) is 9.40 Å². The average molecular weight is 354 g/mol. The first-order valence-corrected chi connectivity index (χ1v) is 9.39. The highest BCUT2D eigenvalue weighted by Gasteiger charge is 2.59. The summed E-state index contributed by atoms with van der Waals surface area (Å²) in [6.07, 6.45) is 2.67. The number of para-hydroxylation sites is 2. The van der Waals surface area contributed by atoms with Crippen molar-refractivity contribution in [3.8, 4) is 0 Å². The predicted octanol–water partition coefficient (Wildman–Crippen LogP) is 4.06. The van der Waals surface area contributed by atoms with Crippen molar-refractivity contribution in [1.29, 1.82) is 0 Å². The molecule has 138 valence electrons. The molecule has 1 saturated heterocycles. The second-order valence-corrected chi connectivity index (χ2v) is 9.09. The minimum Gasteiger partial charge on any atom is -0.440 e. The van der Waals surface area contributed by atoms with Gasteiger partial charge in [0, 0.05) is 23.8 Å². The van der Waals surface area contributed by atoms with Crippen LogP contribution in [-0.2, 0) is 15.0 Å². The number of rotatable bonds is 2. The lowest BCUT2D eigenvalue weighted by Crippen LogP contribution is -2.62. The molecule has 2 amide bonds. The zero-order valence-electron chi connectivity index (χ0n) is 16.0. The van der Waals surface area contributed by atoms with E-state index < -0.39 is 5.41 Å². The van der Waals surface area contributed by atoms with Gasteiger partial charge in [0.1, 0.15) is 5.52 Å². The van der Waals surface area contributed by atoms with Gasteiger partial charge in [-0.1, -0.05) is 39.8 Å². The third-order valence-corrected chi connectivity index (χ3v) is 6.13. The van der Waals surface area contributed by atoms with E-state index in [9.17, 15) is 9.59 Å². The molecule has 0 radical (unpaired) electrons. The van der Waals surface area contributed by atoms with Gasteiger partial charge in [0.15, 0.2) is 5.58 Å². The van der Waals surface area contributed by atoms with Crippen LogP contribution >= 0.6 is 0 Å². The molecule has 2 aromatic rings. The van der Waals surface area contributed by atoms with Crippen molar-refractivity contribution >= 4 is 22.9 Å². The first-order valence-electron chi connectivity index (χ1n) is 9.39. The summed E-state index contributed by atoms with van der Waals surface area (Å²) in [5.74, 6) is 0.598. The van der Waals surface area contributed by atoms with Crippen molar-refractivity contribution in [1.82, 2.24) is 9.88 Å². The summed E-state index contributed by atoms with van der Waals surface area (Å²) in [6.45, 7) is 8.64. The molecule has 2 heterocycles. The van der Waals surface area contributed by atoms with Crippen LogP contribution < -0.4 is 0 Å². The Hall–Kier alpha value is -2.17. The first kappa shape index (κ1) is 17.3. The number of oxazole rings is 1. The van der Waals surface area contributed by atoms with E-state index in [0.717, 1.165) is 23.9 Å². The van der Waals surface area contributed by atoms with E-state index in [1.165, 1.54) is 4.90 Å². The van der Waals surface area contributed by atoms with Crippen LogP contribution in [0.2, 0.25) is 0 Å². The molecular weight excluding hydrogens is 328 g/mol. The van der Waals surface area contributed by atoms with E-state index in [-0.39, 0.29) is 22.6 Å². The lowest BCUT2D eigenvalue weighted by atomic mass is 9.52. The number of imide groups is 1. The average Bonchev–Trinajstić information content (AvgIpc) is 3.01. The summed E-state index contributed by atoms with van der Waals surface area (Å²) in [5.41, 5.74) is 0.623. The minimum atomic E-state index is -0.564. The summed E-state index contributed by atoms with van der Waals surface area (Å²) in [5, 5.41) is 0. The number of piperidine rings is 1. The quantitative estimate of drug-likeness (QED) is 0.816. The van der Waals surface area contributed by atoms with Crippen molar-refractivity contribution in [3.63, 3.8) is 0 Å². The number of hydrogen-bond donors (Lipinski definition) is 0. The smallest absolute Gasteiger partial charge is 0.235 e. The van der Waals surface area contributed by atoms with Crippen molar-refractivity contribution in [3.05, 3.63) is 30.2 Å². The van der Waals surface area contributed by atoms with E-state index in [0.29, 0.717) is 25.3 Å². The maximum Gasteiger partial charge on any atom is 0.235 e. The van der Waals surface area contributed by atoms with Crippen molar-refractivity contribution in [2.24, 2.45) is 10.8 Å². The van der Waals surface area contributed by atoms with Crippen molar-refractivity contribution < 1.29 is 14.0 Å².